The quantitative estimate of drug-likeness (QED) is 0.680. The number of hydrogen-bond acceptors (Lipinski definition) is 7. The van der Waals surface area contributed by atoms with Crippen LogP contribution in [-0.2, 0) is 7.05 Å². The molecule has 0 aliphatic heterocycles. The molecule has 0 aliphatic carbocycles. The van der Waals surface area contributed by atoms with Crippen LogP contribution in [0.1, 0.15) is 0 Å². The zero-order valence-electron chi connectivity index (χ0n) is 8.85. The van der Waals surface area contributed by atoms with Crippen molar-refractivity contribution in [3.63, 3.8) is 0 Å². The number of nitrogens with zero attached hydrogens (tertiary/aromatic N) is 7. The number of nitrogen functional groups attached to an aromatic ring is 1. The normalized spacial score (nSPS) is 11.1. The first-order chi connectivity index (χ1) is 8.24. The first-order valence-electron chi connectivity index (χ1n) is 4.73. The third kappa shape index (κ3) is 1.69. The summed E-state index contributed by atoms with van der Waals surface area (Å²) in [4.78, 5) is 8.45. The average molecular weight is 248 g/mol. The topological polar surface area (TPSA) is 99.8 Å². The Kier molecular flexibility index (Phi) is 2.18. The average Bonchev–Trinajstić information content (AvgIpc) is 2.88. The molecule has 0 atom stereocenters. The summed E-state index contributed by atoms with van der Waals surface area (Å²) in [6.07, 6.45) is 5.21. The Labute approximate surface area is 99.9 Å². The van der Waals surface area contributed by atoms with E-state index in [2.05, 4.69) is 25.5 Å². The van der Waals surface area contributed by atoms with E-state index in [0.29, 0.717) is 16.0 Å². The molecule has 0 aromatic carbocycles. The molecule has 17 heavy (non-hydrogen) atoms. The highest BCUT2D eigenvalue weighted by atomic mass is 32.2. The van der Waals surface area contributed by atoms with Crippen LogP contribution in [-0.4, -0.2) is 34.6 Å². The number of anilines is 1. The molecule has 0 unspecified atom stereocenters. The van der Waals surface area contributed by atoms with Gasteiger partial charge in [0.15, 0.2) is 5.65 Å². The van der Waals surface area contributed by atoms with Gasteiger partial charge in [0.25, 0.3) is 0 Å². The van der Waals surface area contributed by atoms with Gasteiger partial charge in [-0.05, 0) is 22.2 Å². The molecule has 0 fully saturated rings. The number of rotatable bonds is 2. The molecule has 0 radical (unpaired) electrons. The van der Waals surface area contributed by atoms with Crippen LogP contribution in [0.2, 0.25) is 0 Å². The van der Waals surface area contributed by atoms with Gasteiger partial charge in [-0.15, -0.1) is 5.10 Å². The number of tetrazole rings is 1. The molecule has 9 heteroatoms. The lowest BCUT2D eigenvalue weighted by Crippen LogP contribution is -1.99. The lowest BCUT2D eigenvalue weighted by molar-refractivity contribution is 0.664. The molecule has 0 saturated carbocycles. The third-order valence-corrected chi connectivity index (χ3v) is 3.13. The van der Waals surface area contributed by atoms with Gasteiger partial charge in [-0.25, -0.2) is 14.6 Å². The second-order valence-electron chi connectivity index (χ2n) is 3.32. The summed E-state index contributed by atoms with van der Waals surface area (Å²) in [6, 6.07) is 0. The van der Waals surface area contributed by atoms with Crippen molar-refractivity contribution in [3.05, 3.63) is 18.6 Å². The second kappa shape index (κ2) is 3.70. The molecule has 2 N–H and O–H groups in total. The van der Waals surface area contributed by atoms with Crippen molar-refractivity contribution >= 4 is 23.2 Å². The first kappa shape index (κ1) is 10.0. The van der Waals surface area contributed by atoms with Crippen LogP contribution in [0, 0.1) is 0 Å². The Morgan fingerprint density at radius 2 is 2.29 bits per heavy atom. The minimum Gasteiger partial charge on any atom is -0.382 e. The Balaban J connectivity index is 2.11. The van der Waals surface area contributed by atoms with E-state index >= 15 is 0 Å². The lowest BCUT2D eigenvalue weighted by atomic mass is 10.6. The van der Waals surface area contributed by atoms with Crippen molar-refractivity contribution in [2.45, 2.75) is 10.2 Å². The lowest BCUT2D eigenvalue weighted by Gasteiger charge is -2.02. The fourth-order valence-electron chi connectivity index (χ4n) is 1.38. The van der Waals surface area contributed by atoms with Crippen molar-refractivity contribution in [1.29, 1.82) is 0 Å². The Morgan fingerprint density at radius 3 is 3.06 bits per heavy atom. The van der Waals surface area contributed by atoms with Gasteiger partial charge >= 0.3 is 0 Å². The van der Waals surface area contributed by atoms with Crippen LogP contribution in [0.25, 0.3) is 5.65 Å². The summed E-state index contributed by atoms with van der Waals surface area (Å²) >= 11 is 1.32. The summed E-state index contributed by atoms with van der Waals surface area (Å²) in [5, 5.41) is 12.5. The molecule has 86 valence electrons. The minimum absolute atomic E-state index is 0.424. The van der Waals surface area contributed by atoms with Crippen LogP contribution >= 0.6 is 11.8 Å². The van der Waals surface area contributed by atoms with E-state index in [-0.39, 0.29) is 0 Å². The highest BCUT2D eigenvalue weighted by molar-refractivity contribution is 7.99. The molecule has 0 saturated heterocycles. The maximum atomic E-state index is 5.72. The van der Waals surface area contributed by atoms with Crippen molar-refractivity contribution in [2.24, 2.45) is 7.05 Å². The molecule has 3 aromatic rings. The van der Waals surface area contributed by atoms with Gasteiger partial charge in [-0.2, -0.15) is 0 Å². The molecule has 3 rings (SSSR count). The van der Waals surface area contributed by atoms with E-state index in [0.717, 1.165) is 5.65 Å². The summed E-state index contributed by atoms with van der Waals surface area (Å²) in [6.45, 7) is 0. The molecule has 0 aliphatic rings. The van der Waals surface area contributed by atoms with Crippen LogP contribution < -0.4 is 5.73 Å². The smallest absolute Gasteiger partial charge is 0.215 e. The van der Waals surface area contributed by atoms with E-state index in [9.17, 15) is 0 Å². The van der Waals surface area contributed by atoms with Crippen molar-refractivity contribution in [3.8, 4) is 0 Å². The summed E-state index contributed by atoms with van der Waals surface area (Å²) in [5.41, 5.74) is 6.45. The van der Waals surface area contributed by atoms with Gasteiger partial charge in [-0.3, -0.25) is 0 Å². The molecule has 0 amide bonds. The fourth-order valence-corrected chi connectivity index (χ4v) is 2.20. The van der Waals surface area contributed by atoms with Crippen molar-refractivity contribution < 1.29 is 0 Å². The molecular weight excluding hydrogens is 240 g/mol. The zero-order chi connectivity index (χ0) is 11.8. The summed E-state index contributed by atoms with van der Waals surface area (Å²) in [7, 11) is 1.76. The Hall–Kier alpha value is -2.16. The predicted octanol–water partition coefficient (Wildman–Crippen LogP) is -0.0138. The third-order valence-electron chi connectivity index (χ3n) is 2.13. The summed E-state index contributed by atoms with van der Waals surface area (Å²) in [5.74, 6) is 0.424. The highest BCUT2D eigenvalue weighted by Crippen LogP contribution is 2.26. The fraction of sp³-hybridized carbons (Fsp3) is 0.125. The number of fused-ring (bicyclic) bond motifs is 1. The van der Waals surface area contributed by atoms with E-state index in [1.54, 1.807) is 24.1 Å². The molecule has 3 aromatic heterocycles. The zero-order valence-corrected chi connectivity index (χ0v) is 9.66. The SMILES string of the molecule is Cn1nnnc1Sc1nc(N)cn2ccnc12. The molecule has 0 bridgehead atoms. The van der Waals surface area contributed by atoms with E-state index in [1.165, 1.54) is 11.8 Å². The minimum atomic E-state index is 0.424. The Morgan fingerprint density at radius 1 is 1.41 bits per heavy atom. The second-order valence-corrected chi connectivity index (χ2v) is 4.27. The van der Waals surface area contributed by atoms with Gasteiger partial charge in [-0.1, -0.05) is 0 Å². The molecular formula is C8H8N8S. The van der Waals surface area contributed by atoms with Crippen LogP contribution in [0.15, 0.2) is 28.8 Å². The van der Waals surface area contributed by atoms with E-state index in [1.807, 2.05) is 10.6 Å². The summed E-state index contributed by atoms with van der Waals surface area (Å²) < 4.78 is 3.38. The number of aromatic nitrogens is 7. The molecule has 8 nitrogen and oxygen atoms in total. The molecule has 0 spiro atoms. The number of hydrogen-bond donors (Lipinski definition) is 1. The van der Waals surface area contributed by atoms with E-state index < -0.39 is 0 Å². The molecule has 3 heterocycles. The van der Waals surface area contributed by atoms with Crippen LogP contribution in [0.4, 0.5) is 5.82 Å². The number of imidazole rings is 1. The number of aryl methyl sites for hydroxylation is 1. The van der Waals surface area contributed by atoms with E-state index in [4.69, 9.17) is 5.73 Å². The Bertz CT molecular complexity index is 671. The van der Waals surface area contributed by atoms with Crippen molar-refractivity contribution in [2.75, 3.05) is 5.73 Å². The highest BCUT2D eigenvalue weighted by Gasteiger charge is 2.11. The predicted molar refractivity (Wildman–Crippen MR) is 60.3 cm³/mol. The van der Waals surface area contributed by atoms with Gasteiger partial charge in [0.1, 0.15) is 10.8 Å². The first-order valence-corrected chi connectivity index (χ1v) is 5.55. The van der Waals surface area contributed by atoms with Crippen molar-refractivity contribution in [1.82, 2.24) is 34.6 Å². The van der Waals surface area contributed by atoms with Gasteiger partial charge in [0.2, 0.25) is 5.16 Å². The standard InChI is InChI=1S/C8H8N8S/c1-15-8(12-13-14-15)17-7-6-10-2-3-16(6)4-5(9)11-7/h2-4H,9H2,1H3. The van der Waals surface area contributed by atoms with Gasteiger partial charge < -0.3 is 10.1 Å². The van der Waals surface area contributed by atoms with Gasteiger partial charge in [0, 0.05) is 19.4 Å². The van der Waals surface area contributed by atoms with Crippen LogP contribution in [0.5, 0.6) is 0 Å². The monoisotopic (exact) mass is 248 g/mol. The largest absolute Gasteiger partial charge is 0.382 e. The number of nitrogens with two attached hydrogens (primary N) is 1. The van der Waals surface area contributed by atoms with Gasteiger partial charge in [0.05, 0.1) is 6.20 Å². The van der Waals surface area contributed by atoms with Crippen LogP contribution in [0.3, 0.4) is 0 Å². The maximum Gasteiger partial charge on any atom is 0.215 e. The maximum absolute atomic E-state index is 5.72.